The molecule has 0 saturated carbocycles. The highest BCUT2D eigenvalue weighted by atomic mass is 16.3. The molecule has 0 fully saturated rings. The van der Waals surface area contributed by atoms with Crippen molar-refractivity contribution in [1.82, 2.24) is 10.2 Å². The Balaban J connectivity index is 1.75. The molecule has 3 aromatic rings. The Morgan fingerprint density at radius 2 is 1.95 bits per heavy atom. The number of aromatic hydroxyl groups is 2. The van der Waals surface area contributed by atoms with E-state index in [2.05, 4.69) is 20.8 Å². The minimum Gasteiger partial charge on any atom is -0.508 e. The molecule has 0 aliphatic rings. The zero-order chi connectivity index (χ0) is 14.8. The van der Waals surface area contributed by atoms with Gasteiger partial charge in [-0.1, -0.05) is 0 Å². The Labute approximate surface area is 119 Å². The van der Waals surface area contributed by atoms with Crippen molar-refractivity contribution in [3.05, 3.63) is 42.6 Å². The van der Waals surface area contributed by atoms with Gasteiger partial charge < -0.3 is 20.8 Å². The highest BCUT2D eigenvalue weighted by molar-refractivity contribution is 6.01. The van der Waals surface area contributed by atoms with Crippen LogP contribution < -0.4 is 10.6 Å². The number of benzene rings is 2. The van der Waals surface area contributed by atoms with Gasteiger partial charge in [0.1, 0.15) is 11.5 Å². The molecule has 2 aromatic carbocycles. The van der Waals surface area contributed by atoms with Crippen LogP contribution in [-0.4, -0.2) is 26.4 Å². The maximum atomic E-state index is 11.9. The first-order chi connectivity index (χ1) is 10.1. The second kappa shape index (κ2) is 5.04. The molecule has 5 N–H and O–H groups in total. The number of aromatic nitrogens is 2. The molecule has 21 heavy (non-hydrogen) atoms. The molecule has 0 unspecified atom stereocenters. The number of carbonyl (C=O) groups is 1. The predicted molar refractivity (Wildman–Crippen MR) is 78.5 cm³/mol. The molecule has 3 rings (SSSR count). The van der Waals surface area contributed by atoms with E-state index in [1.54, 1.807) is 18.3 Å². The molecule has 0 spiro atoms. The summed E-state index contributed by atoms with van der Waals surface area (Å²) in [6.07, 6.45) is 1.68. The molecule has 0 radical (unpaired) electrons. The van der Waals surface area contributed by atoms with E-state index in [0.717, 1.165) is 10.9 Å². The highest BCUT2D eigenvalue weighted by Crippen LogP contribution is 2.27. The number of phenolic OH excluding ortho intramolecular Hbond substituents is 2. The van der Waals surface area contributed by atoms with Gasteiger partial charge >= 0.3 is 6.03 Å². The molecule has 0 aliphatic carbocycles. The van der Waals surface area contributed by atoms with Gasteiger partial charge in [-0.25, -0.2) is 4.79 Å². The summed E-state index contributed by atoms with van der Waals surface area (Å²) in [4.78, 5) is 11.9. The van der Waals surface area contributed by atoms with Gasteiger partial charge in [-0.15, -0.1) is 0 Å². The zero-order valence-electron chi connectivity index (χ0n) is 10.8. The van der Waals surface area contributed by atoms with Gasteiger partial charge in [0.2, 0.25) is 0 Å². The summed E-state index contributed by atoms with van der Waals surface area (Å²) in [5, 5.41) is 31.7. The van der Waals surface area contributed by atoms with Crippen molar-refractivity contribution in [2.75, 3.05) is 10.6 Å². The maximum absolute atomic E-state index is 11.9. The van der Waals surface area contributed by atoms with Crippen LogP contribution in [0.2, 0.25) is 0 Å². The number of hydrogen-bond donors (Lipinski definition) is 5. The van der Waals surface area contributed by atoms with E-state index in [0.29, 0.717) is 5.69 Å². The summed E-state index contributed by atoms with van der Waals surface area (Å²) in [6, 6.07) is 8.64. The maximum Gasteiger partial charge on any atom is 0.323 e. The zero-order valence-corrected chi connectivity index (χ0v) is 10.8. The van der Waals surface area contributed by atoms with Crippen LogP contribution in [-0.2, 0) is 0 Å². The number of nitrogens with zero attached hydrogens (tertiary/aromatic N) is 1. The van der Waals surface area contributed by atoms with E-state index in [4.69, 9.17) is 0 Å². The summed E-state index contributed by atoms with van der Waals surface area (Å²) >= 11 is 0. The molecule has 1 heterocycles. The third kappa shape index (κ3) is 2.71. The number of fused-ring (bicyclic) bond motifs is 1. The molecular formula is C14H12N4O3. The van der Waals surface area contributed by atoms with Crippen LogP contribution in [0.3, 0.4) is 0 Å². The molecule has 106 valence electrons. The van der Waals surface area contributed by atoms with Gasteiger partial charge in [0.05, 0.1) is 17.4 Å². The number of anilines is 2. The second-order valence-electron chi connectivity index (χ2n) is 4.45. The van der Waals surface area contributed by atoms with Crippen LogP contribution in [0.1, 0.15) is 0 Å². The number of rotatable bonds is 2. The Hall–Kier alpha value is -3.22. The third-order valence-corrected chi connectivity index (χ3v) is 2.93. The van der Waals surface area contributed by atoms with Crippen LogP contribution in [0, 0.1) is 0 Å². The van der Waals surface area contributed by atoms with Crippen molar-refractivity contribution >= 4 is 28.3 Å². The molecule has 0 bridgehead atoms. The number of aromatic amines is 1. The fourth-order valence-corrected chi connectivity index (χ4v) is 1.92. The lowest BCUT2D eigenvalue weighted by atomic mass is 10.2. The van der Waals surface area contributed by atoms with Crippen molar-refractivity contribution < 1.29 is 15.0 Å². The Kier molecular flexibility index (Phi) is 3.07. The molecule has 0 atom stereocenters. The van der Waals surface area contributed by atoms with Crippen LogP contribution >= 0.6 is 0 Å². The first kappa shape index (κ1) is 12.8. The molecule has 0 aliphatic heterocycles. The normalized spacial score (nSPS) is 10.5. The molecule has 2 amide bonds. The number of hydrogen-bond acceptors (Lipinski definition) is 4. The number of nitrogens with one attached hydrogen (secondary N) is 3. The molecule has 7 nitrogen and oxygen atoms in total. The molecule has 1 aromatic heterocycles. The standard InChI is InChI=1S/C14H12N4O3/c19-10-3-4-13(20)12(6-10)17-14(21)16-9-2-1-8-7-15-18-11(8)5-9/h1-7,19-20H,(H,15,18)(H2,16,17,21). The topological polar surface area (TPSA) is 110 Å². The molecule has 7 heteroatoms. The summed E-state index contributed by atoms with van der Waals surface area (Å²) < 4.78 is 0. The van der Waals surface area contributed by atoms with Gasteiger partial charge in [0.25, 0.3) is 0 Å². The largest absolute Gasteiger partial charge is 0.508 e. The van der Waals surface area contributed by atoms with Crippen LogP contribution in [0.25, 0.3) is 10.9 Å². The quantitative estimate of drug-likeness (QED) is 0.368. The first-order valence-electron chi connectivity index (χ1n) is 6.15. The van der Waals surface area contributed by atoms with E-state index in [-0.39, 0.29) is 17.2 Å². The van der Waals surface area contributed by atoms with Crippen LogP contribution in [0.15, 0.2) is 42.6 Å². The van der Waals surface area contributed by atoms with E-state index in [1.807, 2.05) is 6.07 Å². The number of carbonyl (C=O) groups excluding carboxylic acids is 1. The van der Waals surface area contributed by atoms with Crippen molar-refractivity contribution in [3.8, 4) is 11.5 Å². The fourth-order valence-electron chi connectivity index (χ4n) is 1.92. The highest BCUT2D eigenvalue weighted by Gasteiger charge is 2.08. The smallest absolute Gasteiger partial charge is 0.323 e. The lowest BCUT2D eigenvalue weighted by molar-refractivity contribution is 0.262. The minimum atomic E-state index is -0.533. The van der Waals surface area contributed by atoms with Gasteiger partial charge in [0.15, 0.2) is 0 Å². The number of urea groups is 1. The number of amides is 2. The third-order valence-electron chi connectivity index (χ3n) is 2.93. The average Bonchev–Trinajstić information content (AvgIpc) is 2.90. The average molecular weight is 284 g/mol. The SMILES string of the molecule is O=C(Nc1ccc2cn[nH]c2c1)Nc1cc(O)ccc1O. The Morgan fingerprint density at radius 1 is 1.10 bits per heavy atom. The van der Waals surface area contributed by atoms with Crippen molar-refractivity contribution in [2.45, 2.75) is 0 Å². The fraction of sp³-hybridized carbons (Fsp3) is 0. The van der Waals surface area contributed by atoms with Crippen molar-refractivity contribution in [1.29, 1.82) is 0 Å². The lowest BCUT2D eigenvalue weighted by Crippen LogP contribution is -2.19. The van der Waals surface area contributed by atoms with Crippen LogP contribution in [0.5, 0.6) is 11.5 Å². The van der Waals surface area contributed by atoms with Crippen molar-refractivity contribution in [3.63, 3.8) is 0 Å². The van der Waals surface area contributed by atoms with E-state index in [9.17, 15) is 15.0 Å². The van der Waals surface area contributed by atoms with E-state index < -0.39 is 6.03 Å². The monoisotopic (exact) mass is 284 g/mol. The molecule has 0 saturated heterocycles. The second-order valence-corrected chi connectivity index (χ2v) is 4.45. The number of H-pyrrole nitrogens is 1. The lowest BCUT2D eigenvalue weighted by Gasteiger charge is -2.09. The van der Waals surface area contributed by atoms with E-state index >= 15 is 0 Å². The van der Waals surface area contributed by atoms with Gasteiger partial charge in [-0.3, -0.25) is 5.10 Å². The van der Waals surface area contributed by atoms with Gasteiger partial charge in [0, 0.05) is 17.1 Å². The summed E-state index contributed by atoms with van der Waals surface area (Å²) in [5.41, 5.74) is 1.49. The van der Waals surface area contributed by atoms with Crippen molar-refractivity contribution in [2.24, 2.45) is 0 Å². The van der Waals surface area contributed by atoms with E-state index in [1.165, 1.54) is 18.2 Å². The Bertz CT molecular complexity index is 813. The molecular weight excluding hydrogens is 272 g/mol. The summed E-state index contributed by atoms with van der Waals surface area (Å²) in [7, 11) is 0. The number of phenols is 2. The van der Waals surface area contributed by atoms with Crippen LogP contribution in [0.4, 0.5) is 16.2 Å². The first-order valence-corrected chi connectivity index (χ1v) is 6.15. The predicted octanol–water partition coefficient (Wildman–Crippen LogP) is 2.62. The minimum absolute atomic E-state index is 0.0537. The summed E-state index contributed by atoms with van der Waals surface area (Å²) in [6.45, 7) is 0. The Morgan fingerprint density at radius 3 is 2.81 bits per heavy atom. The summed E-state index contributed by atoms with van der Waals surface area (Å²) in [5.74, 6) is -0.186. The van der Waals surface area contributed by atoms with Gasteiger partial charge in [-0.2, -0.15) is 5.10 Å². The van der Waals surface area contributed by atoms with Gasteiger partial charge in [-0.05, 0) is 30.3 Å².